The van der Waals surface area contributed by atoms with Crippen molar-refractivity contribution in [3.8, 4) is 11.4 Å². The van der Waals surface area contributed by atoms with E-state index in [0.29, 0.717) is 30.0 Å². The number of nitrogens with zero attached hydrogens (tertiary/aromatic N) is 4. The summed E-state index contributed by atoms with van der Waals surface area (Å²) in [5.41, 5.74) is 2.41. The fraction of sp³-hybridized carbons (Fsp3) is 0.368. The molecule has 5 rings (SSSR count). The maximum atomic E-state index is 13.2. The third-order valence-electron chi connectivity index (χ3n) is 5.55. The summed E-state index contributed by atoms with van der Waals surface area (Å²) in [5.74, 6) is 0.442. The molecular formula is C19H19N5O2S. The van der Waals surface area contributed by atoms with Crippen LogP contribution in [0.5, 0.6) is 0 Å². The maximum Gasteiger partial charge on any atom is 0.254 e. The Morgan fingerprint density at radius 2 is 2.07 bits per heavy atom. The Hall–Kier alpha value is -2.58. The van der Waals surface area contributed by atoms with Gasteiger partial charge >= 0.3 is 0 Å². The smallest absolute Gasteiger partial charge is 0.254 e. The van der Waals surface area contributed by atoms with Crippen LogP contribution in [-0.4, -0.2) is 51.1 Å². The molecule has 1 amide bonds. The second-order valence-corrected chi connectivity index (χ2v) is 7.92. The molecular weight excluding hydrogens is 362 g/mol. The lowest BCUT2D eigenvalue weighted by molar-refractivity contribution is -0.0926. The summed E-state index contributed by atoms with van der Waals surface area (Å²) in [7, 11) is 0. The lowest BCUT2D eigenvalue weighted by atomic mass is 9.82. The van der Waals surface area contributed by atoms with E-state index in [1.54, 1.807) is 0 Å². The molecule has 0 bridgehead atoms. The van der Waals surface area contributed by atoms with E-state index >= 15 is 0 Å². The summed E-state index contributed by atoms with van der Waals surface area (Å²) < 4.78 is 6.24. The third-order valence-corrected chi connectivity index (χ3v) is 6.53. The van der Waals surface area contributed by atoms with Crippen molar-refractivity contribution in [3.05, 3.63) is 51.7 Å². The second-order valence-electron chi connectivity index (χ2n) is 6.92. The van der Waals surface area contributed by atoms with E-state index in [0.717, 1.165) is 25.9 Å². The van der Waals surface area contributed by atoms with E-state index in [2.05, 4.69) is 32.1 Å². The zero-order chi connectivity index (χ0) is 18.3. The van der Waals surface area contributed by atoms with Crippen molar-refractivity contribution in [1.82, 2.24) is 25.5 Å². The molecule has 2 aliphatic heterocycles. The monoisotopic (exact) mass is 381 g/mol. The number of ether oxygens (including phenoxy) is 1. The first kappa shape index (κ1) is 16.6. The SMILES string of the molecule is O=C(c1ccccc1-c1nn[nH]n1)N1CCC2(CC1)OCCc1sccc12. The van der Waals surface area contributed by atoms with Gasteiger partial charge in [-0.1, -0.05) is 18.2 Å². The quantitative estimate of drug-likeness (QED) is 0.738. The maximum absolute atomic E-state index is 13.2. The molecule has 8 heteroatoms. The van der Waals surface area contributed by atoms with E-state index in [-0.39, 0.29) is 11.5 Å². The number of thiophene rings is 1. The summed E-state index contributed by atoms with van der Waals surface area (Å²) in [4.78, 5) is 16.5. The number of fused-ring (bicyclic) bond motifs is 2. The first-order valence-electron chi connectivity index (χ1n) is 9.10. The zero-order valence-corrected chi connectivity index (χ0v) is 15.5. The number of amides is 1. The minimum absolute atomic E-state index is 0.00611. The predicted molar refractivity (Wildman–Crippen MR) is 100 cm³/mol. The molecule has 138 valence electrons. The van der Waals surface area contributed by atoms with Gasteiger partial charge < -0.3 is 9.64 Å². The molecule has 2 aromatic heterocycles. The average Bonchev–Trinajstić information content (AvgIpc) is 3.41. The molecule has 0 saturated carbocycles. The standard InChI is InChI=1S/C19H19N5O2S/c25-18(14-4-2-1-3-13(14)17-20-22-23-21-17)24-9-7-19(8-10-24)15-6-12-27-16(15)5-11-26-19/h1-4,6,12H,5,7-11H2,(H,20,21,22,23). The highest BCUT2D eigenvalue weighted by Crippen LogP contribution is 2.43. The van der Waals surface area contributed by atoms with Crippen molar-refractivity contribution in [2.45, 2.75) is 24.9 Å². The number of likely N-dealkylation sites (tertiary alicyclic amines) is 1. The van der Waals surface area contributed by atoms with Crippen LogP contribution in [0.2, 0.25) is 0 Å². The van der Waals surface area contributed by atoms with Gasteiger partial charge in [-0.15, -0.1) is 21.5 Å². The van der Waals surface area contributed by atoms with Crippen LogP contribution in [0, 0.1) is 0 Å². The van der Waals surface area contributed by atoms with E-state index in [1.807, 2.05) is 40.5 Å². The fourth-order valence-corrected chi connectivity index (χ4v) is 5.10. The molecule has 1 saturated heterocycles. The minimum atomic E-state index is -0.225. The summed E-state index contributed by atoms with van der Waals surface area (Å²) in [5, 5.41) is 16.3. The van der Waals surface area contributed by atoms with Crippen LogP contribution in [0.25, 0.3) is 11.4 Å². The summed E-state index contributed by atoms with van der Waals surface area (Å²) >= 11 is 1.81. The molecule has 1 spiro atoms. The molecule has 2 aliphatic rings. The Bertz CT molecular complexity index is 960. The number of carbonyl (C=O) groups excluding carboxylic acids is 1. The van der Waals surface area contributed by atoms with Gasteiger partial charge in [-0.05, 0) is 41.1 Å². The van der Waals surface area contributed by atoms with Crippen LogP contribution in [0.4, 0.5) is 0 Å². The van der Waals surface area contributed by atoms with E-state index in [9.17, 15) is 4.79 Å². The molecule has 0 atom stereocenters. The number of tetrazole rings is 1. The van der Waals surface area contributed by atoms with E-state index in [1.165, 1.54) is 10.4 Å². The van der Waals surface area contributed by atoms with Crippen molar-refractivity contribution < 1.29 is 9.53 Å². The highest BCUT2D eigenvalue weighted by atomic mass is 32.1. The summed E-state index contributed by atoms with van der Waals surface area (Å²) in [6, 6.07) is 9.62. The highest BCUT2D eigenvalue weighted by molar-refractivity contribution is 7.10. The van der Waals surface area contributed by atoms with Gasteiger partial charge in [0.05, 0.1) is 17.8 Å². The minimum Gasteiger partial charge on any atom is -0.370 e. The van der Waals surface area contributed by atoms with Crippen LogP contribution in [0.3, 0.4) is 0 Å². The molecule has 3 aromatic rings. The summed E-state index contributed by atoms with van der Waals surface area (Å²) in [6.07, 6.45) is 2.65. The second kappa shape index (κ2) is 6.54. The van der Waals surface area contributed by atoms with Crippen LogP contribution < -0.4 is 0 Å². The Kier molecular flexibility index (Phi) is 4.02. The third kappa shape index (κ3) is 2.76. The van der Waals surface area contributed by atoms with Gasteiger partial charge in [-0.25, -0.2) is 0 Å². The fourth-order valence-electron chi connectivity index (χ4n) is 4.15. The van der Waals surface area contributed by atoms with Crippen LogP contribution in [-0.2, 0) is 16.8 Å². The number of aromatic amines is 1. The molecule has 1 N–H and O–H groups in total. The number of benzene rings is 1. The van der Waals surface area contributed by atoms with Crippen molar-refractivity contribution >= 4 is 17.2 Å². The molecule has 27 heavy (non-hydrogen) atoms. The molecule has 4 heterocycles. The van der Waals surface area contributed by atoms with E-state index < -0.39 is 0 Å². The van der Waals surface area contributed by atoms with Gasteiger partial charge in [0.2, 0.25) is 5.82 Å². The van der Waals surface area contributed by atoms with Crippen LogP contribution in [0.1, 0.15) is 33.6 Å². The van der Waals surface area contributed by atoms with Crippen molar-refractivity contribution in [3.63, 3.8) is 0 Å². The lowest BCUT2D eigenvalue weighted by Crippen LogP contribution is -2.48. The Morgan fingerprint density at radius 3 is 2.89 bits per heavy atom. The highest BCUT2D eigenvalue weighted by Gasteiger charge is 2.42. The first-order chi connectivity index (χ1) is 13.3. The van der Waals surface area contributed by atoms with Crippen LogP contribution in [0.15, 0.2) is 35.7 Å². The van der Waals surface area contributed by atoms with Crippen molar-refractivity contribution in [1.29, 1.82) is 0 Å². The predicted octanol–water partition coefficient (Wildman–Crippen LogP) is 2.63. The first-order valence-corrected chi connectivity index (χ1v) is 9.98. The Balaban J connectivity index is 1.38. The Labute approximate surface area is 160 Å². The molecule has 0 unspecified atom stereocenters. The number of nitrogens with one attached hydrogen (secondary N) is 1. The largest absolute Gasteiger partial charge is 0.370 e. The summed E-state index contributed by atoms with van der Waals surface area (Å²) in [6.45, 7) is 2.12. The molecule has 0 radical (unpaired) electrons. The number of hydrogen-bond donors (Lipinski definition) is 1. The van der Waals surface area contributed by atoms with Gasteiger partial charge in [0.25, 0.3) is 5.91 Å². The van der Waals surface area contributed by atoms with Crippen molar-refractivity contribution in [2.75, 3.05) is 19.7 Å². The molecule has 1 fully saturated rings. The number of rotatable bonds is 2. The Morgan fingerprint density at radius 1 is 1.22 bits per heavy atom. The lowest BCUT2D eigenvalue weighted by Gasteiger charge is -2.44. The normalized spacial score (nSPS) is 18.4. The van der Waals surface area contributed by atoms with Gasteiger partial charge in [0, 0.05) is 30.0 Å². The molecule has 1 aromatic carbocycles. The number of aromatic nitrogens is 4. The number of carbonyl (C=O) groups is 1. The number of H-pyrrole nitrogens is 1. The van der Waals surface area contributed by atoms with Crippen LogP contribution >= 0.6 is 11.3 Å². The number of piperidine rings is 1. The molecule has 7 nitrogen and oxygen atoms in total. The van der Waals surface area contributed by atoms with Gasteiger partial charge in [0.1, 0.15) is 0 Å². The van der Waals surface area contributed by atoms with Gasteiger partial charge in [0.15, 0.2) is 0 Å². The topological polar surface area (TPSA) is 84.0 Å². The van der Waals surface area contributed by atoms with Crippen molar-refractivity contribution in [2.24, 2.45) is 0 Å². The zero-order valence-electron chi connectivity index (χ0n) is 14.7. The van der Waals surface area contributed by atoms with Gasteiger partial charge in [-0.2, -0.15) is 5.21 Å². The average molecular weight is 381 g/mol. The molecule has 0 aliphatic carbocycles. The van der Waals surface area contributed by atoms with Gasteiger partial charge in [-0.3, -0.25) is 4.79 Å². The number of hydrogen-bond acceptors (Lipinski definition) is 6. The van der Waals surface area contributed by atoms with E-state index in [4.69, 9.17) is 4.74 Å².